The van der Waals surface area contributed by atoms with Crippen LogP contribution in [0.3, 0.4) is 0 Å². The van der Waals surface area contributed by atoms with Gasteiger partial charge in [-0.25, -0.2) is 4.98 Å². The third kappa shape index (κ3) is 3.52. The van der Waals surface area contributed by atoms with Gasteiger partial charge in [-0.2, -0.15) is 5.10 Å². The molecule has 1 N–H and O–H groups in total. The molecule has 0 aromatic carbocycles. The number of hydrogen-bond acceptors (Lipinski definition) is 4. The van der Waals surface area contributed by atoms with Crippen molar-refractivity contribution in [2.45, 2.75) is 39.7 Å². The summed E-state index contributed by atoms with van der Waals surface area (Å²) in [4.78, 5) is 19.2. The van der Waals surface area contributed by atoms with Gasteiger partial charge in [0.25, 0.3) is 5.91 Å². The summed E-state index contributed by atoms with van der Waals surface area (Å²) in [5.74, 6) is 0.807. The maximum Gasteiger partial charge on any atom is 0.259 e. The number of hydrogen-bond donors (Lipinski definition) is 1. The molecular formula is C17H23N5O. The first-order chi connectivity index (χ1) is 11.2. The van der Waals surface area contributed by atoms with Gasteiger partial charge in [0.1, 0.15) is 5.82 Å². The summed E-state index contributed by atoms with van der Waals surface area (Å²) >= 11 is 0. The molecule has 0 aliphatic carbocycles. The summed E-state index contributed by atoms with van der Waals surface area (Å²) in [5, 5.41) is 7.28. The van der Waals surface area contributed by atoms with Crippen LogP contribution in [0.25, 0.3) is 0 Å². The van der Waals surface area contributed by atoms with Crippen LogP contribution < -0.4 is 10.2 Å². The lowest BCUT2D eigenvalue weighted by Gasteiger charge is -2.27. The Hall–Kier alpha value is -2.37. The molecule has 0 unspecified atom stereocenters. The molecule has 2 aromatic heterocycles. The van der Waals surface area contributed by atoms with E-state index in [4.69, 9.17) is 0 Å². The minimum atomic E-state index is -0.127. The number of anilines is 2. The lowest BCUT2D eigenvalue weighted by molar-refractivity contribution is 0.102. The fourth-order valence-electron chi connectivity index (χ4n) is 2.89. The molecule has 0 atom stereocenters. The molecule has 6 nitrogen and oxygen atoms in total. The normalized spacial score (nSPS) is 14.8. The molecule has 3 rings (SSSR count). The molecule has 2 aromatic rings. The molecule has 1 saturated heterocycles. The van der Waals surface area contributed by atoms with Gasteiger partial charge in [-0.15, -0.1) is 0 Å². The van der Waals surface area contributed by atoms with E-state index in [9.17, 15) is 4.79 Å². The van der Waals surface area contributed by atoms with E-state index >= 15 is 0 Å². The van der Waals surface area contributed by atoms with Gasteiger partial charge in [-0.3, -0.25) is 9.48 Å². The zero-order chi connectivity index (χ0) is 16.2. The second-order valence-corrected chi connectivity index (χ2v) is 5.89. The van der Waals surface area contributed by atoms with Gasteiger partial charge in [0.15, 0.2) is 0 Å². The molecule has 0 spiro atoms. The van der Waals surface area contributed by atoms with Gasteiger partial charge in [0, 0.05) is 43.8 Å². The van der Waals surface area contributed by atoms with E-state index < -0.39 is 0 Å². The lowest BCUT2D eigenvalue weighted by atomic mass is 10.1. The molecule has 0 radical (unpaired) electrons. The zero-order valence-electron chi connectivity index (χ0n) is 13.7. The first-order valence-electron chi connectivity index (χ1n) is 8.24. The molecule has 23 heavy (non-hydrogen) atoms. The summed E-state index contributed by atoms with van der Waals surface area (Å²) in [6.07, 6.45) is 7.23. The molecule has 1 amide bonds. The van der Waals surface area contributed by atoms with Crippen LogP contribution in [0.5, 0.6) is 0 Å². The molecule has 0 saturated carbocycles. The largest absolute Gasteiger partial charge is 0.357 e. The molecular weight excluding hydrogens is 290 g/mol. The smallest absolute Gasteiger partial charge is 0.259 e. The van der Waals surface area contributed by atoms with Crippen LogP contribution in [0, 0.1) is 6.92 Å². The van der Waals surface area contributed by atoms with Crippen molar-refractivity contribution in [1.82, 2.24) is 14.8 Å². The minimum absolute atomic E-state index is 0.127. The van der Waals surface area contributed by atoms with Gasteiger partial charge in [-0.1, -0.05) is 0 Å². The average Bonchev–Trinajstić information content (AvgIpc) is 2.97. The van der Waals surface area contributed by atoms with Crippen LogP contribution in [0.4, 0.5) is 11.5 Å². The fraction of sp³-hybridized carbons (Fsp3) is 0.471. The van der Waals surface area contributed by atoms with Gasteiger partial charge in [-0.05, 0) is 39.2 Å². The second-order valence-electron chi connectivity index (χ2n) is 5.89. The summed E-state index contributed by atoms with van der Waals surface area (Å²) in [5.41, 5.74) is 2.13. The van der Waals surface area contributed by atoms with Crippen molar-refractivity contribution >= 4 is 17.4 Å². The van der Waals surface area contributed by atoms with Crippen molar-refractivity contribution in [3.8, 4) is 0 Å². The van der Waals surface area contributed by atoms with Crippen molar-refractivity contribution in [3.63, 3.8) is 0 Å². The number of nitrogens with zero attached hydrogens (tertiary/aromatic N) is 4. The third-order valence-electron chi connectivity index (χ3n) is 4.20. The number of rotatable bonds is 4. The van der Waals surface area contributed by atoms with Crippen molar-refractivity contribution < 1.29 is 4.79 Å². The summed E-state index contributed by atoms with van der Waals surface area (Å²) in [7, 11) is 0. The van der Waals surface area contributed by atoms with Crippen LogP contribution in [-0.2, 0) is 6.54 Å². The van der Waals surface area contributed by atoms with E-state index in [-0.39, 0.29) is 5.91 Å². The highest BCUT2D eigenvalue weighted by Gasteiger charge is 2.15. The highest BCUT2D eigenvalue weighted by molar-refractivity contribution is 6.05. The molecule has 122 valence electrons. The number of pyridine rings is 1. The predicted molar refractivity (Wildman–Crippen MR) is 90.9 cm³/mol. The Labute approximate surface area is 136 Å². The quantitative estimate of drug-likeness (QED) is 0.943. The van der Waals surface area contributed by atoms with Crippen LogP contribution >= 0.6 is 0 Å². The Morgan fingerprint density at radius 2 is 2.09 bits per heavy atom. The second kappa shape index (κ2) is 6.81. The van der Waals surface area contributed by atoms with E-state index in [1.54, 1.807) is 17.1 Å². The zero-order valence-corrected chi connectivity index (χ0v) is 13.7. The summed E-state index contributed by atoms with van der Waals surface area (Å²) in [6, 6.07) is 3.77. The number of piperidine rings is 1. The molecule has 6 heteroatoms. The van der Waals surface area contributed by atoms with Crippen molar-refractivity contribution in [3.05, 3.63) is 35.8 Å². The van der Waals surface area contributed by atoms with E-state index in [1.165, 1.54) is 19.3 Å². The van der Waals surface area contributed by atoms with E-state index in [0.29, 0.717) is 5.56 Å². The van der Waals surface area contributed by atoms with Crippen LogP contribution in [0.15, 0.2) is 24.5 Å². The number of amides is 1. The topological polar surface area (TPSA) is 63.1 Å². The van der Waals surface area contributed by atoms with Crippen LogP contribution in [0.2, 0.25) is 0 Å². The van der Waals surface area contributed by atoms with E-state index in [2.05, 4.69) is 20.3 Å². The SMILES string of the molecule is CCn1cc(C(=O)Nc2ccnc(N3CCCCC3)c2)c(C)n1. The first kappa shape index (κ1) is 15.5. The average molecular weight is 313 g/mol. The Kier molecular flexibility index (Phi) is 4.60. The van der Waals surface area contributed by atoms with Gasteiger partial charge >= 0.3 is 0 Å². The summed E-state index contributed by atoms with van der Waals surface area (Å²) in [6.45, 7) is 6.68. The molecule has 1 aliphatic rings. The standard InChI is InChI=1S/C17H23N5O/c1-3-22-12-15(13(2)20-22)17(23)19-14-7-8-18-16(11-14)21-9-5-4-6-10-21/h7-8,11-12H,3-6,9-10H2,1-2H3,(H,18,19,23). The molecule has 3 heterocycles. The van der Waals surface area contributed by atoms with Gasteiger partial charge in [0.05, 0.1) is 11.3 Å². The van der Waals surface area contributed by atoms with Crippen molar-refractivity contribution in [2.24, 2.45) is 0 Å². The fourth-order valence-corrected chi connectivity index (χ4v) is 2.89. The Bertz CT molecular complexity index is 688. The van der Waals surface area contributed by atoms with E-state index in [1.807, 2.05) is 26.0 Å². The van der Waals surface area contributed by atoms with Crippen LogP contribution in [0.1, 0.15) is 42.2 Å². The number of carbonyl (C=O) groups is 1. The Morgan fingerprint density at radius 1 is 1.30 bits per heavy atom. The molecule has 1 aliphatic heterocycles. The lowest BCUT2D eigenvalue weighted by Crippen LogP contribution is -2.30. The number of aryl methyl sites for hydroxylation is 2. The Morgan fingerprint density at radius 3 is 2.78 bits per heavy atom. The summed E-state index contributed by atoms with van der Waals surface area (Å²) < 4.78 is 1.77. The minimum Gasteiger partial charge on any atom is -0.357 e. The maximum absolute atomic E-state index is 12.5. The number of carbonyl (C=O) groups excluding carboxylic acids is 1. The van der Waals surface area contributed by atoms with E-state index in [0.717, 1.165) is 36.8 Å². The monoisotopic (exact) mass is 313 g/mol. The van der Waals surface area contributed by atoms with Gasteiger partial charge in [0.2, 0.25) is 0 Å². The van der Waals surface area contributed by atoms with Crippen LogP contribution in [-0.4, -0.2) is 33.8 Å². The highest BCUT2D eigenvalue weighted by atomic mass is 16.1. The number of nitrogens with one attached hydrogen (secondary N) is 1. The molecule has 0 bridgehead atoms. The highest BCUT2D eigenvalue weighted by Crippen LogP contribution is 2.21. The van der Waals surface area contributed by atoms with Crippen molar-refractivity contribution in [1.29, 1.82) is 0 Å². The Balaban J connectivity index is 1.74. The molecule has 1 fully saturated rings. The number of aromatic nitrogens is 3. The third-order valence-corrected chi connectivity index (χ3v) is 4.20. The predicted octanol–water partition coefficient (Wildman–Crippen LogP) is 2.85. The van der Waals surface area contributed by atoms with Crippen molar-refractivity contribution in [2.75, 3.05) is 23.3 Å². The van der Waals surface area contributed by atoms with Gasteiger partial charge < -0.3 is 10.2 Å². The first-order valence-corrected chi connectivity index (χ1v) is 8.24. The maximum atomic E-state index is 12.5.